The molecule has 0 saturated carbocycles. The van der Waals surface area contributed by atoms with Crippen molar-refractivity contribution in [3.05, 3.63) is 64.1 Å². The van der Waals surface area contributed by atoms with E-state index < -0.39 is 0 Å². The van der Waals surface area contributed by atoms with Gasteiger partial charge in [0.05, 0.1) is 23.9 Å². The number of hydrogen-bond donors (Lipinski definition) is 2. The van der Waals surface area contributed by atoms with Crippen LogP contribution in [0.3, 0.4) is 0 Å². The van der Waals surface area contributed by atoms with Gasteiger partial charge in [0, 0.05) is 29.2 Å². The Balaban J connectivity index is 1.86. The largest absolute Gasteiger partial charge is 0.390 e. The van der Waals surface area contributed by atoms with Gasteiger partial charge in [0.25, 0.3) is 5.91 Å². The Hall–Kier alpha value is -2.88. The van der Waals surface area contributed by atoms with Gasteiger partial charge in [-0.15, -0.1) is 0 Å². The zero-order valence-electron chi connectivity index (χ0n) is 14.3. The average molecular weight is 369 g/mol. The molecule has 1 aromatic carbocycles. The molecule has 0 spiro atoms. The van der Waals surface area contributed by atoms with Crippen LogP contribution in [-0.2, 0) is 13.7 Å². The number of carbonyl (C=O) groups is 1. The molecule has 1 atom stereocenters. The number of aryl methyl sites for hydroxylation is 1. The summed E-state index contributed by atoms with van der Waals surface area (Å²) in [5.74, 6) is -0.239. The van der Waals surface area contributed by atoms with Crippen molar-refractivity contribution in [2.45, 2.75) is 19.6 Å². The van der Waals surface area contributed by atoms with Gasteiger partial charge in [0.15, 0.2) is 0 Å². The molecule has 26 heavy (non-hydrogen) atoms. The molecular weight excluding hydrogens is 352 g/mol. The molecule has 132 valence electrons. The number of nitrogens with one attached hydrogen (secondary N) is 1. The van der Waals surface area contributed by atoms with Gasteiger partial charge in [0.1, 0.15) is 11.8 Å². The second kappa shape index (κ2) is 7.16. The van der Waals surface area contributed by atoms with Crippen LogP contribution in [0.5, 0.6) is 0 Å². The number of halogens is 1. The molecule has 2 heterocycles. The van der Waals surface area contributed by atoms with Gasteiger partial charge < -0.3 is 15.0 Å². The molecule has 1 unspecified atom stereocenters. The van der Waals surface area contributed by atoms with E-state index in [0.29, 0.717) is 27.5 Å². The maximum Gasteiger partial charge on any atom is 0.268 e. The predicted octanol–water partition coefficient (Wildman–Crippen LogP) is 3.08. The third-order valence-corrected chi connectivity index (χ3v) is 4.58. The molecule has 0 bridgehead atoms. The van der Waals surface area contributed by atoms with Crippen molar-refractivity contribution in [1.82, 2.24) is 14.9 Å². The predicted molar refractivity (Wildman–Crippen MR) is 98.7 cm³/mol. The highest BCUT2D eigenvalue weighted by molar-refractivity contribution is 6.31. The SMILES string of the molecule is CC(NC(=O)c1cc2ccc(Cl)cc2n1C)c1cnc(CO)c(C#N)c1. The average Bonchev–Trinajstić information content (AvgIpc) is 2.97. The molecule has 0 aliphatic carbocycles. The van der Waals surface area contributed by atoms with Crippen molar-refractivity contribution in [1.29, 1.82) is 5.26 Å². The van der Waals surface area contributed by atoms with Gasteiger partial charge in [-0.25, -0.2) is 0 Å². The van der Waals surface area contributed by atoms with Crippen molar-refractivity contribution in [2.75, 3.05) is 0 Å². The minimum absolute atomic E-state index is 0.239. The minimum Gasteiger partial charge on any atom is -0.390 e. The zero-order chi connectivity index (χ0) is 18.8. The molecule has 7 heteroatoms. The summed E-state index contributed by atoms with van der Waals surface area (Å²) in [4.78, 5) is 16.8. The minimum atomic E-state index is -0.351. The fraction of sp³-hybridized carbons (Fsp3) is 0.211. The summed E-state index contributed by atoms with van der Waals surface area (Å²) in [5.41, 5.74) is 2.69. The molecule has 0 fully saturated rings. The van der Waals surface area contributed by atoms with Crippen molar-refractivity contribution in [3.63, 3.8) is 0 Å². The van der Waals surface area contributed by atoms with E-state index in [0.717, 1.165) is 10.9 Å². The van der Waals surface area contributed by atoms with E-state index >= 15 is 0 Å². The van der Waals surface area contributed by atoms with Gasteiger partial charge >= 0.3 is 0 Å². The number of amides is 1. The van der Waals surface area contributed by atoms with Crippen LogP contribution in [0.25, 0.3) is 10.9 Å². The Bertz CT molecular complexity index is 1040. The van der Waals surface area contributed by atoms with E-state index in [9.17, 15) is 9.90 Å². The van der Waals surface area contributed by atoms with Crippen molar-refractivity contribution < 1.29 is 9.90 Å². The van der Waals surface area contributed by atoms with E-state index in [4.69, 9.17) is 16.9 Å². The second-order valence-electron chi connectivity index (χ2n) is 6.02. The first kappa shape index (κ1) is 17.9. The van der Waals surface area contributed by atoms with E-state index in [1.807, 2.05) is 38.2 Å². The van der Waals surface area contributed by atoms with Crippen LogP contribution in [0, 0.1) is 11.3 Å². The van der Waals surface area contributed by atoms with Gasteiger partial charge in [-0.1, -0.05) is 17.7 Å². The molecule has 3 rings (SSSR count). The summed E-state index contributed by atoms with van der Waals surface area (Å²) in [7, 11) is 1.81. The highest BCUT2D eigenvalue weighted by Gasteiger charge is 2.17. The lowest BCUT2D eigenvalue weighted by molar-refractivity contribution is 0.0932. The summed E-state index contributed by atoms with van der Waals surface area (Å²) in [6, 6.07) is 10.6. The Morgan fingerprint density at radius 1 is 1.42 bits per heavy atom. The lowest BCUT2D eigenvalue weighted by Gasteiger charge is -2.15. The van der Waals surface area contributed by atoms with Gasteiger partial charge in [0.2, 0.25) is 0 Å². The maximum atomic E-state index is 12.7. The molecule has 0 radical (unpaired) electrons. The van der Waals surface area contributed by atoms with Crippen LogP contribution in [0.15, 0.2) is 36.5 Å². The molecule has 2 N–H and O–H groups in total. The Kier molecular flexibility index (Phi) is 4.94. The fourth-order valence-electron chi connectivity index (χ4n) is 2.84. The molecule has 0 saturated heterocycles. The summed E-state index contributed by atoms with van der Waals surface area (Å²) in [5, 5.41) is 22.8. The van der Waals surface area contributed by atoms with Crippen LogP contribution < -0.4 is 5.32 Å². The first-order valence-electron chi connectivity index (χ1n) is 8.00. The quantitative estimate of drug-likeness (QED) is 0.740. The van der Waals surface area contributed by atoms with Gasteiger partial charge in [-0.05, 0) is 36.8 Å². The topological polar surface area (TPSA) is 90.9 Å². The second-order valence-corrected chi connectivity index (χ2v) is 6.46. The van der Waals surface area contributed by atoms with E-state index in [1.165, 1.54) is 0 Å². The Morgan fingerprint density at radius 3 is 2.88 bits per heavy atom. The molecule has 0 aliphatic heterocycles. The molecule has 1 amide bonds. The number of aliphatic hydroxyl groups excluding tert-OH is 1. The van der Waals surface area contributed by atoms with Gasteiger partial charge in [-0.3, -0.25) is 9.78 Å². The number of hydrogen-bond acceptors (Lipinski definition) is 4. The number of nitriles is 1. The molecule has 3 aromatic rings. The standard InChI is InChI=1S/C19H17ClN4O2/c1-11(14-5-13(8-21)16(10-25)22-9-14)23-19(26)18-6-12-3-4-15(20)7-17(12)24(18)2/h3-7,9,11,25H,10H2,1-2H3,(H,23,26). The first-order chi connectivity index (χ1) is 12.4. The van der Waals surface area contributed by atoms with Crippen molar-refractivity contribution >= 4 is 28.4 Å². The highest BCUT2D eigenvalue weighted by atomic mass is 35.5. The van der Waals surface area contributed by atoms with Crippen LogP contribution in [0.2, 0.25) is 5.02 Å². The molecule has 2 aromatic heterocycles. The third kappa shape index (κ3) is 3.27. The zero-order valence-corrected chi connectivity index (χ0v) is 15.1. The molecule has 0 aliphatic rings. The van der Waals surface area contributed by atoms with E-state index in [2.05, 4.69) is 10.3 Å². The maximum absolute atomic E-state index is 12.7. The summed E-state index contributed by atoms with van der Waals surface area (Å²) in [6.07, 6.45) is 1.55. The smallest absolute Gasteiger partial charge is 0.268 e. The Labute approximate surface area is 155 Å². The van der Waals surface area contributed by atoms with E-state index in [1.54, 1.807) is 22.9 Å². The third-order valence-electron chi connectivity index (χ3n) is 4.35. The Morgan fingerprint density at radius 2 is 2.19 bits per heavy atom. The summed E-state index contributed by atoms with van der Waals surface area (Å²) >= 11 is 6.03. The molecule has 6 nitrogen and oxygen atoms in total. The number of carbonyl (C=O) groups excluding carboxylic acids is 1. The lowest BCUT2D eigenvalue weighted by Crippen LogP contribution is -2.28. The van der Waals surface area contributed by atoms with Crippen molar-refractivity contribution in [2.24, 2.45) is 7.05 Å². The van der Waals surface area contributed by atoms with Gasteiger partial charge in [-0.2, -0.15) is 5.26 Å². The summed E-state index contributed by atoms with van der Waals surface area (Å²) < 4.78 is 1.79. The first-order valence-corrected chi connectivity index (χ1v) is 8.38. The van der Waals surface area contributed by atoms with Crippen LogP contribution in [0.1, 0.15) is 40.3 Å². The number of nitrogens with zero attached hydrogens (tertiary/aromatic N) is 3. The number of aliphatic hydroxyl groups is 1. The number of fused-ring (bicyclic) bond motifs is 1. The number of pyridine rings is 1. The van der Waals surface area contributed by atoms with Crippen LogP contribution in [-0.4, -0.2) is 20.6 Å². The van der Waals surface area contributed by atoms with E-state index in [-0.39, 0.29) is 18.6 Å². The lowest BCUT2D eigenvalue weighted by atomic mass is 10.1. The van der Waals surface area contributed by atoms with Crippen LogP contribution >= 0.6 is 11.6 Å². The number of aromatic nitrogens is 2. The monoisotopic (exact) mass is 368 g/mol. The van der Waals surface area contributed by atoms with Crippen molar-refractivity contribution in [3.8, 4) is 6.07 Å². The molecular formula is C19H17ClN4O2. The number of benzene rings is 1. The van der Waals surface area contributed by atoms with Crippen LogP contribution in [0.4, 0.5) is 0 Å². The highest BCUT2D eigenvalue weighted by Crippen LogP contribution is 2.23. The summed E-state index contributed by atoms with van der Waals surface area (Å²) in [6.45, 7) is 1.51. The number of rotatable bonds is 4. The fourth-order valence-corrected chi connectivity index (χ4v) is 3.01. The normalized spacial score (nSPS) is 12.0.